The molecule has 2 atom stereocenters. The van der Waals surface area contributed by atoms with Gasteiger partial charge in [0.2, 0.25) is 12.3 Å². The molecule has 3 rings (SSSR count). The van der Waals surface area contributed by atoms with Crippen LogP contribution in [-0.2, 0) is 16.0 Å². The van der Waals surface area contributed by atoms with Gasteiger partial charge >= 0.3 is 0 Å². The van der Waals surface area contributed by atoms with Gasteiger partial charge in [-0.1, -0.05) is 0 Å². The molecule has 1 aliphatic heterocycles. The lowest BCUT2D eigenvalue weighted by Gasteiger charge is -2.34. The molecule has 7 heteroatoms. The lowest BCUT2D eigenvalue weighted by Crippen LogP contribution is -2.50. The van der Waals surface area contributed by atoms with Crippen molar-refractivity contribution >= 4 is 23.7 Å². The molecule has 2 aliphatic rings. The van der Waals surface area contributed by atoms with Gasteiger partial charge in [0.05, 0.1) is 0 Å². The molecule has 1 aromatic rings. The molecule has 0 aromatic carbocycles. The molecule has 23 heavy (non-hydrogen) atoms. The molecule has 2 fully saturated rings. The van der Waals surface area contributed by atoms with E-state index in [0.717, 1.165) is 5.56 Å². The number of alkyl halides is 2. The van der Waals surface area contributed by atoms with Crippen molar-refractivity contribution in [3.8, 4) is 0 Å². The zero-order valence-electron chi connectivity index (χ0n) is 12.7. The summed E-state index contributed by atoms with van der Waals surface area (Å²) in [6, 6.07) is 1.35. The van der Waals surface area contributed by atoms with Gasteiger partial charge in [0.25, 0.3) is 5.92 Å². The molecule has 1 saturated heterocycles. The zero-order chi connectivity index (χ0) is 16.4. The summed E-state index contributed by atoms with van der Waals surface area (Å²) in [4.78, 5) is 25.1. The van der Waals surface area contributed by atoms with E-state index in [0.29, 0.717) is 38.8 Å². The van der Waals surface area contributed by atoms with Gasteiger partial charge in [-0.2, -0.15) is 11.3 Å². The number of nitrogens with zero attached hydrogens (tertiary/aromatic N) is 1. The van der Waals surface area contributed by atoms with Crippen LogP contribution in [0.3, 0.4) is 0 Å². The van der Waals surface area contributed by atoms with Crippen molar-refractivity contribution in [3.05, 3.63) is 22.4 Å². The summed E-state index contributed by atoms with van der Waals surface area (Å²) in [6.45, 7) is 0.994. The van der Waals surface area contributed by atoms with Gasteiger partial charge in [-0.15, -0.1) is 0 Å². The van der Waals surface area contributed by atoms with Gasteiger partial charge in [0, 0.05) is 31.8 Å². The molecule has 1 aromatic heterocycles. The number of halogens is 2. The Morgan fingerprint density at radius 3 is 2.70 bits per heavy atom. The topological polar surface area (TPSA) is 49.4 Å². The Hall–Kier alpha value is -1.50. The summed E-state index contributed by atoms with van der Waals surface area (Å²) in [6.07, 6.45) is 2.25. The van der Waals surface area contributed by atoms with Crippen molar-refractivity contribution in [2.75, 3.05) is 13.1 Å². The molecule has 126 valence electrons. The highest BCUT2D eigenvalue weighted by molar-refractivity contribution is 7.07. The molecule has 1 N–H and O–H groups in total. The quantitative estimate of drug-likeness (QED) is 0.807. The average molecular weight is 342 g/mol. The number of hydrogen-bond acceptors (Lipinski definition) is 3. The van der Waals surface area contributed by atoms with Crippen LogP contribution >= 0.6 is 11.3 Å². The highest BCUT2D eigenvalue weighted by Crippen LogP contribution is 2.55. The summed E-state index contributed by atoms with van der Waals surface area (Å²) in [5, 5.41) is 6.47. The predicted molar refractivity (Wildman–Crippen MR) is 83.4 cm³/mol. The van der Waals surface area contributed by atoms with Crippen LogP contribution in [0, 0.1) is 11.8 Å². The SMILES string of the molecule is O=CNC(Cc1ccsc1)C(=O)N1CCC(C2CC2(F)F)CC1. The third kappa shape index (κ3) is 3.71. The van der Waals surface area contributed by atoms with Gasteiger partial charge in [0.1, 0.15) is 6.04 Å². The smallest absolute Gasteiger partial charge is 0.251 e. The van der Waals surface area contributed by atoms with E-state index >= 15 is 0 Å². The maximum absolute atomic E-state index is 13.1. The van der Waals surface area contributed by atoms with E-state index in [1.807, 2.05) is 16.8 Å². The first-order valence-corrected chi connectivity index (χ1v) is 8.83. The lowest BCUT2D eigenvalue weighted by molar-refractivity contribution is -0.136. The van der Waals surface area contributed by atoms with Crippen LogP contribution in [-0.4, -0.2) is 42.3 Å². The first-order valence-electron chi connectivity index (χ1n) is 7.88. The lowest BCUT2D eigenvalue weighted by atomic mass is 9.91. The summed E-state index contributed by atoms with van der Waals surface area (Å²) in [7, 11) is 0. The monoisotopic (exact) mass is 342 g/mol. The summed E-state index contributed by atoms with van der Waals surface area (Å²) >= 11 is 1.55. The number of thiophene rings is 1. The van der Waals surface area contributed by atoms with Crippen LogP contribution in [0.4, 0.5) is 8.78 Å². The molecule has 2 amide bonds. The van der Waals surface area contributed by atoms with E-state index in [1.165, 1.54) is 0 Å². The molecule has 2 unspecified atom stereocenters. The van der Waals surface area contributed by atoms with Crippen molar-refractivity contribution < 1.29 is 18.4 Å². The fourth-order valence-corrected chi connectivity index (χ4v) is 4.11. The molecule has 4 nitrogen and oxygen atoms in total. The minimum Gasteiger partial charge on any atom is -0.347 e. The zero-order valence-corrected chi connectivity index (χ0v) is 13.5. The Morgan fingerprint density at radius 1 is 1.48 bits per heavy atom. The number of rotatable bonds is 6. The van der Waals surface area contributed by atoms with Crippen molar-refractivity contribution in [1.82, 2.24) is 10.2 Å². The molecule has 1 aliphatic carbocycles. The van der Waals surface area contributed by atoms with Gasteiger partial charge < -0.3 is 10.2 Å². The molecule has 0 spiro atoms. The summed E-state index contributed by atoms with van der Waals surface area (Å²) in [5.41, 5.74) is 1.01. The Kier molecular flexibility index (Phi) is 4.66. The number of hydrogen-bond donors (Lipinski definition) is 1. The van der Waals surface area contributed by atoms with Gasteiger partial charge in [-0.25, -0.2) is 8.78 Å². The summed E-state index contributed by atoms with van der Waals surface area (Å²) in [5.74, 6) is -3.08. The highest BCUT2D eigenvalue weighted by atomic mass is 32.1. The fourth-order valence-electron chi connectivity index (χ4n) is 3.43. The third-order valence-corrected chi connectivity index (χ3v) is 5.61. The van der Waals surface area contributed by atoms with Gasteiger partial charge in [-0.05, 0) is 41.1 Å². The second-order valence-corrected chi connectivity index (χ2v) is 7.19. The van der Waals surface area contributed by atoms with Crippen molar-refractivity contribution in [2.24, 2.45) is 11.8 Å². The summed E-state index contributed by atoms with van der Waals surface area (Å²) < 4.78 is 26.3. The standard InChI is InChI=1S/C16H20F2N2O2S/c17-16(18)8-13(16)12-1-4-20(5-2-12)15(22)14(19-10-21)7-11-3-6-23-9-11/h3,6,9-10,12-14H,1-2,4-5,7-8H2,(H,19,21). The number of amides is 2. The third-order valence-electron chi connectivity index (χ3n) is 4.88. The molecule has 0 radical (unpaired) electrons. The van der Waals surface area contributed by atoms with E-state index in [9.17, 15) is 18.4 Å². The molecule has 1 saturated carbocycles. The Balaban J connectivity index is 1.55. The fraction of sp³-hybridized carbons (Fsp3) is 0.625. The van der Waals surface area contributed by atoms with Crippen LogP contribution in [0.5, 0.6) is 0 Å². The second kappa shape index (κ2) is 6.55. The normalized spacial score (nSPS) is 25.0. The second-order valence-electron chi connectivity index (χ2n) is 6.41. The Labute approximate surface area is 137 Å². The van der Waals surface area contributed by atoms with E-state index < -0.39 is 17.9 Å². The molecule has 2 heterocycles. The first kappa shape index (κ1) is 16.4. The Morgan fingerprint density at radius 2 is 2.17 bits per heavy atom. The molecular formula is C16H20F2N2O2S. The van der Waals surface area contributed by atoms with Gasteiger partial charge in [0.15, 0.2) is 0 Å². The van der Waals surface area contributed by atoms with Crippen molar-refractivity contribution in [1.29, 1.82) is 0 Å². The maximum atomic E-state index is 13.1. The van der Waals surface area contributed by atoms with Crippen LogP contribution < -0.4 is 5.32 Å². The minimum absolute atomic E-state index is 0.000901. The molecular weight excluding hydrogens is 322 g/mol. The minimum atomic E-state index is -2.49. The maximum Gasteiger partial charge on any atom is 0.251 e. The van der Waals surface area contributed by atoms with Crippen molar-refractivity contribution in [3.63, 3.8) is 0 Å². The molecule has 0 bridgehead atoms. The first-order chi connectivity index (χ1) is 11.0. The van der Waals surface area contributed by atoms with E-state index in [-0.39, 0.29) is 18.2 Å². The van der Waals surface area contributed by atoms with Crippen LogP contribution in [0.1, 0.15) is 24.8 Å². The Bertz CT molecular complexity index is 556. The largest absolute Gasteiger partial charge is 0.347 e. The number of piperidine rings is 1. The van der Waals surface area contributed by atoms with Crippen LogP contribution in [0.25, 0.3) is 0 Å². The van der Waals surface area contributed by atoms with Crippen LogP contribution in [0.2, 0.25) is 0 Å². The van der Waals surface area contributed by atoms with E-state index in [2.05, 4.69) is 5.32 Å². The number of carbonyl (C=O) groups is 2. The van der Waals surface area contributed by atoms with E-state index in [1.54, 1.807) is 16.2 Å². The predicted octanol–water partition coefficient (Wildman–Crippen LogP) is 2.30. The van der Waals surface area contributed by atoms with Crippen LogP contribution in [0.15, 0.2) is 16.8 Å². The van der Waals surface area contributed by atoms with E-state index in [4.69, 9.17) is 0 Å². The van der Waals surface area contributed by atoms with Crippen molar-refractivity contribution in [2.45, 2.75) is 37.6 Å². The number of likely N-dealkylation sites (tertiary alicyclic amines) is 1. The number of nitrogens with one attached hydrogen (secondary N) is 1. The highest BCUT2D eigenvalue weighted by Gasteiger charge is 2.60. The average Bonchev–Trinajstić information content (AvgIpc) is 2.94. The van der Waals surface area contributed by atoms with Gasteiger partial charge in [-0.3, -0.25) is 9.59 Å². The number of carbonyl (C=O) groups excluding carboxylic acids is 2.